The van der Waals surface area contributed by atoms with Crippen molar-refractivity contribution in [1.82, 2.24) is 0 Å². The lowest BCUT2D eigenvalue weighted by Crippen LogP contribution is -2.25. The molecule has 4 atom stereocenters. The maximum absolute atomic E-state index is 9.60. The van der Waals surface area contributed by atoms with Gasteiger partial charge in [0.1, 0.15) is 0 Å². The van der Waals surface area contributed by atoms with Gasteiger partial charge in [-0.05, 0) is 30.6 Å². The number of allylic oxidation sites excluding steroid dienone is 2. The van der Waals surface area contributed by atoms with E-state index in [1.165, 1.54) is 12.8 Å². The van der Waals surface area contributed by atoms with E-state index in [9.17, 15) is 5.11 Å². The van der Waals surface area contributed by atoms with Crippen LogP contribution in [0.5, 0.6) is 0 Å². The van der Waals surface area contributed by atoms with Crippen LogP contribution in [0.4, 0.5) is 0 Å². The average molecular weight is 217 g/mol. The molecule has 0 aromatic carbocycles. The largest absolute Gasteiger partial charge is 0.392 e. The predicted octanol–water partition coefficient (Wildman–Crippen LogP) is 1.95. The highest BCUT2D eigenvalue weighted by atomic mass is 79.9. The van der Waals surface area contributed by atoms with Crippen molar-refractivity contribution in [2.24, 2.45) is 17.8 Å². The van der Waals surface area contributed by atoms with Gasteiger partial charge in [-0.2, -0.15) is 0 Å². The molecule has 2 aliphatic carbocycles. The molecule has 0 aromatic heterocycles. The summed E-state index contributed by atoms with van der Waals surface area (Å²) in [6.45, 7) is 0. The standard InChI is InChI=1S/C9H13BrO/c10-5-9(11)8-4-6-1-2-7(8)3-6/h1-2,6-9,11H,3-5H2. The van der Waals surface area contributed by atoms with E-state index < -0.39 is 0 Å². The molecule has 4 unspecified atom stereocenters. The Morgan fingerprint density at radius 2 is 2.27 bits per heavy atom. The van der Waals surface area contributed by atoms with Gasteiger partial charge < -0.3 is 5.11 Å². The van der Waals surface area contributed by atoms with Crippen LogP contribution in [0.3, 0.4) is 0 Å². The van der Waals surface area contributed by atoms with E-state index in [1.807, 2.05) is 0 Å². The number of rotatable bonds is 2. The van der Waals surface area contributed by atoms with Crippen LogP contribution in [0, 0.1) is 17.8 Å². The summed E-state index contributed by atoms with van der Waals surface area (Å²) in [5, 5.41) is 10.3. The quantitative estimate of drug-likeness (QED) is 0.553. The summed E-state index contributed by atoms with van der Waals surface area (Å²) in [5.41, 5.74) is 0. The van der Waals surface area contributed by atoms with Crippen LogP contribution in [0.1, 0.15) is 12.8 Å². The fourth-order valence-corrected chi connectivity index (χ4v) is 2.86. The molecule has 0 aliphatic heterocycles. The zero-order valence-electron chi connectivity index (χ0n) is 6.41. The molecule has 0 spiro atoms. The van der Waals surface area contributed by atoms with Crippen LogP contribution < -0.4 is 0 Å². The average Bonchev–Trinajstić information content (AvgIpc) is 2.62. The van der Waals surface area contributed by atoms with E-state index >= 15 is 0 Å². The first-order chi connectivity index (χ1) is 5.31. The molecule has 2 heteroatoms. The van der Waals surface area contributed by atoms with Gasteiger partial charge in [0.15, 0.2) is 0 Å². The van der Waals surface area contributed by atoms with Gasteiger partial charge in [0.2, 0.25) is 0 Å². The SMILES string of the molecule is OC(CBr)C1CC2C=CC1C2. The molecular formula is C9H13BrO. The maximum Gasteiger partial charge on any atom is 0.0670 e. The predicted molar refractivity (Wildman–Crippen MR) is 48.6 cm³/mol. The van der Waals surface area contributed by atoms with E-state index in [0.717, 1.165) is 11.2 Å². The molecule has 2 aliphatic rings. The first-order valence-electron chi connectivity index (χ1n) is 4.23. The number of aliphatic hydroxyl groups is 1. The third-order valence-corrected chi connectivity index (χ3v) is 3.65. The van der Waals surface area contributed by atoms with Gasteiger partial charge in [0.25, 0.3) is 0 Å². The summed E-state index contributed by atoms with van der Waals surface area (Å²) in [6.07, 6.45) is 6.95. The van der Waals surface area contributed by atoms with Gasteiger partial charge in [0, 0.05) is 5.33 Å². The van der Waals surface area contributed by atoms with Crippen LogP contribution in [-0.4, -0.2) is 16.5 Å². The first-order valence-corrected chi connectivity index (χ1v) is 5.35. The Labute approximate surface area is 75.6 Å². The van der Waals surface area contributed by atoms with Gasteiger partial charge >= 0.3 is 0 Å². The highest BCUT2D eigenvalue weighted by molar-refractivity contribution is 9.09. The van der Waals surface area contributed by atoms with Crippen LogP contribution in [0.15, 0.2) is 12.2 Å². The van der Waals surface area contributed by atoms with E-state index in [1.54, 1.807) is 0 Å². The van der Waals surface area contributed by atoms with Gasteiger partial charge in [-0.15, -0.1) is 0 Å². The number of alkyl halides is 1. The zero-order chi connectivity index (χ0) is 7.84. The summed E-state index contributed by atoms with van der Waals surface area (Å²) >= 11 is 3.32. The smallest absolute Gasteiger partial charge is 0.0670 e. The fourth-order valence-electron chi connectivity index (χ4n) is 2.38. The van der Waals surface area contributed by atoms with Crippen LogP contribution in [0.2, 0.25) is 0 Å². The Kier molecular flexibility index (Phi) is 2.06. The molecule has 1 fully saturated rings. The molecule has 0 amide bonds. The third-order valence-electron chi connectivity index (χ3n) is 2.98. The van der Waals surface area contributed by atoms with Gasteiger partial charge in [-0.25, -0.2) is 0 Å². The van der Waals surface area contributed by atoms with Crippen molar-refractivity contribution in [2.45, 2.75) is 18.9 Å². The molecule has 62 valence electrons. The van der Waals surface area contributed by atoms with Gasteiger partial charge in [-0.3, -0.25) is 0 Å². The molecule has 0 aromatic rings. The Balaban J connectivity index is 2.02. The van der Waals surface area contributed by atoms with E-state index in [-0.39, 0.29) is 6.10 Å². The van der Waals surface area contributed by atoms with Crippen molar-refractivity contribution in [1.29, 1.82) is 0 Å². The van der Waals surface area contributed by atoms with Gasteiger partial charge in [-0.1, -0.05) is 28.1 Å². The van der Waals surface area contributed by atoms with Crippen molar-refractivity contribution in [3.8, 4) is 0 Å². The summed E-state index contributed by atoms with van der Waals surface area (Å²) in [4.78, 5) is 0. The van der Waals surface area contributed by atoms with E-state index in [2.05, 4.69) is 28.1 Å². The summed E-state index contributed by atoms with van der Waals surface area (Å²) in [5.74, 6) is 1.98. The van der Waals surface area contributed by atoms with Crippen molar-refractivity contribution >= 4 is 15.9 Å². The fraction of sp³-hybridized carbons (Fsp3) is 0.778. The third kappa shape index (κ3) is 1.27. The molecule has 11 heavy (non-hydrogen) atoms. The maximum atomic E-state index is 9.60. The molecule has 2 bridgehead atoms. The molecule has 1 saturated carbocycles. The molecule has 1 N–H and O–H groups in total. The lowest BCUT2D eigenvalue weighted by atomic mass is 9.89. The van der Waals surface area contributed by atoms with Crippen molar-refractivity contribution in [3.05, 3.63) is 12.2 Å². The Morgan fingerprint density at radius 3 is 2.73 bits per heavy atom. The van der Waals surface area contributed by atoms with Crippen LogP contribution in [0.25, 0.3) is 0 Å². The summed E-state index contributed by atoms with van der Waals surface area (Å²) < 4.78 is 0. The molecule has 1 nitrogen and oxygen atoms in total. The Hall–Kier alpha value is 0.180. The zero-order valence-corrected chi connectivity index (χ0v) is 8.00. The number of hydrogen-bond acceptors (Lipinski definition) is 1. The highest BCUT2D eigenvalue weighted by Crippen LogP contribution is 2.45. The summed E-state index contributed by atoms with van der Waals surface area (Å²) in [7, 11) is 0. The second-order valence-electron chi connectivity index (χ2n) is 3.67. The van der Waals surface area contributed by atoms with E-state index in [0.29, 0.717) is 11.8 Å². The minimum Gasteiger partial charge on any atom is -0.392 e. The normalized spacial score (nSPS) is 43.3. The first kappa shape index (κ1) is 7.81. The lowest BCUT2D eigenvalue weighted by molar-refractivity contribution is 0.116. The highest BCUT2D eigenvalue weighted by Gasteiger charge is 2.38. The monoisotopic (exact) mass is 216 g/mol. The molecule has 0 saturated heterocycles. The number of aliphatic hydroxyl groups excluding tert-OH is 1. The lowest BCUT2D eigenvalue weighted by Gasteiger charge is -2.22. The van der Waals surface area contributed by atoms with Crippen molar-refractivity contribution < 1.29 is 5.11 Å². The number of fused-ring (bicyclic) bond motifs is 2. The van der Waals surface area contributed by atoms with Crippen LogP contribution in [-0.2, 0) is 0 Å². The Bertz CT molecular complexity index is 178. The minimum atomic E-state index is -0.130. The molecule has 0 heterocycles. The number of halogens is 1. The van der Waals surface area contributed by atoms with E-state index in [4.69, 9.17) is 0 Å². The van der Waals surface area contributed by atoms with Gasteiger partial charge in [0.05, 0.1) is 6.10 Å². The van der Waals surface area contributed by atoms with Crippen LogP contribution >= 0.6 is 15.9 Å². The molecule has 2 rings (SSSR count). The molecular weight excluding hydrogens is 204 g/mol. The number of hydrogen-bond donors (Lipinski definition) is 1. The second kappa shape index (κ2) is 2.91. The van der Waals surface area contributed by atoms with Crippen molar-refractivity contribution in [2.75, 3.05) is 5.33 Å². The minimum absolute atomic E-state index is 0.130. The summed E-state index contributed by atoms with van der Waals surface area (Å²) in [6, 6.07) is 0. The topological polar surface area (TPSA) is 20.2 Å². The van der Waals surface area contributed by atoms with Crippen molar-refractivity contribution in [3.63, 3.8) is 0 Å². The Morgan fingerprint density at radius 1 is 1.45 bits per heavy atom. The molecule has 0 radical (unpaired) electrons. The second-order valence-corrected chi connectivity index (χ2v) is 4.31.